The van der Waals surface area contributed by atoms with Crippen molar-refractivity contribution in [1.29, 1.82) is 0 Å². The molecule has 4 nitrogen and oxygen atoms in total. The van der Waals surface area contributed by atoms with Gasteiger partial charge in [-0.2, -0.15) is 0 Å². The van der Waals surface area contributed by atoms with Crippen LogP contribution in [0.25, 0.3) is 0 Å². The van der Waals surface area contributed by atoms with E-state index >= 15 is 0 Å². The van der Waals surface area contributed by atoms with Crippen LogP contribution in [0.5, 0.6) is 0 Å². The van der Waals surface area contributed by atoms with Crippen LogP contribution < -0.4 is 10.2 Å². The van der Waals surface area contributed by atoms with Gasteiger partial charge in [0.1, 0.15) is 0 Å². The van der Waals surface area contributed by atoms with Crippen molar-refractivity contribution in [3.05, 3.63) is 28.8 Å². The first-order chi connectivity index (χ1) is 9.82. The standard InChI is InChI=1S/C16H26ClN3O/c1-12(2)9-18-10-13-14(17)7-6-8-15(13)20(5)11-16(21)19(3)4/h6-8,12,18H,9-11H2,1-5H3. The number of anilines is 1. The Kier molecular flexibility index (Phi) is 6.99. The van der Waals surface area contributed by atoms with Gasteiger partial charge in [0.25, 0.3) is 0 Å². The van der Waals surface area contributed by atoms with E-state index in [1.54, 1.807) is 19.0 Å². The minimum Gasteiger partial charge on any atom is -0.365 e. The fourth-order valence-corrected chi connectivity index (χ4v) is 2.23. The predicted octanol–water partition coefficient (Wildman–Crippen LogP) is 2.61. The van der Waals surface area contributed by atoms with Crippen LogP contribution in [0, 0.1) is 5.92 Å². The molecular weight excluding hydrogens is 286 g/mol. The SMILES string of the molecule is CC(C)CNCc1c(Cl)cccc1N(C)CC(=O)N(C)C. The third-order valence-electron chi connectivity index (χ3n) is 3.23. The number of benzene rings is 1. The molecule has 0 aromatic heterocycles. The van der Waals surface area contributed by atoms with Crippen molar-refractivity contribution in [2.45, 2.75) is 20.4 Å². The molecule has 0 saturated carbocycles. The number of nitrogens with zero attached hydrogens (tertiary/aromatic N) is 2. The van der Waals surface area contributed by atoms with E-state index in [1.165, 1.54) is 0 Å². The van der Waals surface area contributed by atoms with E-state index in [0.29, 0.717) is 19.0 Å². The van der Waals surface area contributed by atoms with Gasteiger partial charge in [0.05, 0.1) is 6.54 Å². The molecule has 0 aliphatic heterocycles. The summed E-state index contributed by atoms with van der Waals surface area (Å²) < 4.78 is 0. The summed E-state index contributed by atoms with van der Waals surface area (Å²) in [7, 11) is 5.44. The number of amides is 1. The molecule has 0 fully saturated rings. The second-order valence-electron chi connectivity index (χ2n) is 5.91. The van der Waals surface area contributed by atoms with Gasteiger partial charge in [0, 0.05) is 44.0 Å². The fraction of sp³-hybridized carbons (Fsp3) is 0.562. The molecule has 1 amide bonds. The van der Waals surface area contributed by atoms with E-state index in [-0.39, 0.29) is 5.91 Å². The van der Waals surface area contributed by atoms with Crippen LogP contribution in [0.15, 0.2) is 18.2 Å². The molecule has 0 saturated heterocycles. The maximum absolute atomic E-state index is 11.9. The van der Waals surface area contributed by atoms with Gasteiger partial charge in [0.2, 0.25) is 5.91 Å². The number of carbonyl (C=O) groups excluding carboxylic acids is 1. The van der Waals surface area contributed by atoms with Crippen molar-refractivity contribution in [2.24, 2.45) is 5.92 Å². The Hall–Kier alpha value is -1.26. The molecule has 0 spiro atoms. The lowest BCUT2D eigenvalue weighted by molar-refractivity contribution is -0.127. The first-order valence-electron chi connectivity index (χ1n) is 7.22. The lowest BCUT2D eigenvalue weighted by atomic mass is 10.1. The number of rotatable bonds is 7. The van der Waals surface area contributed by atoms with Crippen LogP contribution in [0.3, 0.4) is 0 Å². The van der Waals surface area contributed by atoms with Gasteiger partial charge in [-0.1, -0.05) is 31.5 Å². The van der Waals surface area contributed by atoms with Crippen molar-refractivity contribution >= 4 is 23.2 Å². The van der Waals surface area contributed by atoms with Crippen LogP contribution in [-0.4, -0.2) is 45.0 Å². The molecule has 0 radical (unpaired) electrons. The van der Waals surface area contributed by atoms with Crippen molar-refractivity contribution < 1.29 is 4.79 Å². The summed E-state index contributed by atoms with van der Waals surface area (Å²) in [5.74, 6) is 0.655. The lowest BCUT2D eigenvalue weighted by Gasteiger charge is -2.24. The summed E-state index contributed by atoms with van der Waals surface area (Å²) in [6, 6.07) is 5.81. The maximum Gasteiger partial charge on any atom is 0.241 e. The quantitative estimate of drug-likeness (QED) is 0.841. The number of hydrogen-bond donors (Lipinski definition) is 1. The highest BCUT2D eigenvalue weighted by atomic mass is 35.5. The first kappa shape index (κ1) is 17.8. The highest BCUT2D eigenvalue weighted by molar-refractivity contribution is 6.31. The fourth-order valence-electron chi connectivity index (χ4n) is 2.00. The Morgan fingerprint density at radius 3 is 2.52 bits per heavy atom. The molecule has 118 valence electrons. The summed E-state index contributed by atoms with van der Waals surface area (Å²) in [6.45, 7) is 6.31. The molecule has 1 N–H and O–H groups in total. The number of hydrogen-bond acceptors (Lipinski definition) is 3. The Balaban J connectivity index is 2.85. The smallest absolute Gasteiger partial charge is 0.241 e. The molecule has 0 atom stereocenters. The normalized spacial score (nSPS) is 10.8. The summed E-state index contributed by atoms with van der Waals surface area (Å²) in [5.41, 5.74) is 2.03. The molecule has 0 bridgehead atoms. The van der Waals surface area contributed by atoms with E-state index in [4.69, 9.17) is 11.6 Å². The summed E-state index contributed by atoms with van der Waals surface area (Å²) >= 11 is 6.33. The third-order valence-corrected chi connectivity index (χ3v) is 3.59. The summed E-state index contributed by atoms with van der Waals surface area (Å²) in [4.78, 5) is 15.4. The molecule has 0 aliphatic carbocycles. The van der Waals surface area contributed by atoms with E-state index in [2.05, 4.69) is 19.2 Å². The summed E-state index contributed by atoms with van der Waals surface area (Å²) in [6.07, 6.45) is 0. The van der Waals surface area contributed by atoms with Gasteiger partial charge in [-0.05, 0) is 24.6 Å². The minimum atomic E-state index is 0.0681. The van der Waals surface area contributed by atoms with Gasteiger partial charge in [0.15, 0.2) is 0 Å². The van der Waals surface area contributed by atoms with Gasteiger partial charge in [-0.3, -0.25) is 4.79 Å². The second kappa shape index (κ2) is 8.25. The average Bonchev–Trinajstić information content (AvgIpc) is 2.39. The molecule has 0 heterocycles. The van der Waals surface area contributed by atoms with Gasteiger partial charge in [-0.15, -0.1) is 0 Å². The Morgan fingerprint density at radius 2 is 1.95 bits per heavy atom. The first-order valence-corrected chi connectivity index (χ1v) is 7.60. The van der Waals surface area contributed by atoms with E-state index < -0.39 is 0 Å². The van der Waals surface area contributed by atoms with Crippen molar-refractivity contribution in [3.63, 3.8) is 0 Å². The second-order valence-corrected chi connectivity index (χ2v) is 6.31. The highest BCUT2D eigenvalue weighted by Crippen LogP contribution is 2.26. The van der Waals surface area contributed by atoms with Crippen LogP contribution in [0.4, 0.5) is 5.69 Å². The third kappa shape index (κ3) is 5.56. The Labute approximate surface area is 133 Å². The molecule has 21 heavy (non-hydrogen) atoms. The molecule has 1 rings (SSSR count). The average molecular weight is 312 g/mol. The number of carbonyl (C=O) groups is 1. The molecule has 0 unspecified atom stereocenters. The lowest BCUT2D eigenvalue weighted by Crippen LogP contribution is -2.35. The van der Waals surface area contributed by atoms with Crippen LogP contribution in [-0.2, 0) is 11.3 Å². The summed E-state index contributed by atoms with van der Waals surface area (Å²) in [5, 5.41) is 4.14. The Bertz CT molecular complexity index is 475. The van der Waals surface area contributed by atoms with Crippen molar-refractivity contribution in [2.75, 3.05) is 39.1 Å². The molecular formula is C16H26ClN3O. The maximum atomic E-state index is 11.9. The monoisotopic (exact) mass is 311 g/mol. The molecule has 1 aromatic rings. The van der Waals surface area contributed by atoms with Crippen LogP contribution >= 0.6 is 11.6 Å². The van der Waals surface area contributed by atoms with Crippen molar-refractivity contribution in [1.82, 2.24) is 10.2 Å². The number of nitrogens with one attached hydrogen (secondary N) is 1. The number of likely N-dealkylation sites (N-methyl/N-ethyl adjacent to an activating group) is 2. The zero-order valence-corrected chi connectivity index (χ0v) is 14.4. The van der Waals surface area contributed by atoms with Gasteiger partial charge >= 0.3 is 0 Å². The largest absolute Gasteiger partial charge is 0.365 e. The molecule has 1 aromatic carbocycles. The molecule has 5 heteroatoms. The van der Waals surface area contributed by atoms with E-state index in [0.717, 1.165) is 22.8 Å². The van der Waals surface area contributed by atoms with E-state index in [1.807, 2.05) is 30.1 Å². The minimum absolute atomic E-state index is 0.0681. The van der Waals surface area contributed by atoms with E-state index in [9.17, 15) is 4.79 Å². The Morgan fingerprint density at radius 1 is 1.29 bits per heavy atom. The van der Waals surface area contributed by atoms with Crippen LogP contribution in [0.2, 0.25) is 5.02 Å². The topological polar surface area (TPSA) is 35.6 Å². The van der Waals surface area contributed by atoms with Crippen molar-refractivity contribution in [3.8, 4) is 0 Å². The predicted molar refractivity (Wildman–Crippen MR) is 90.0 cm³/mol. The van der Waals surface area contributed by atoms with Gasteiger partial charge in [-0.25, -0.2) is 0 Å². The molecule has 0 aliphatic rings. The number of halogens is 1. The zero-order chi connectivity index (χ0) is 16.0. The van der Waals surface area contributed by atoms with Crippen LogP contribution in [0.1, 0.15) is 19.4 Å². The zero-order valence-electron chi connectivity index (χ0n) is 13.6. The highest BCUT2D eigenvalue weighted by Gasteiger charge is 2.14. The van der Waals surface area contributed by atoms with Gasteiger partial charge < -0.3 is 15.1 Å².